The van der Waals surface area contributed by atoms with Crippen LogP contribution in [0, 0.1) is 6.92 Å². The van der Waals surface area contributed by atoms with E-state index in [1.807, 2.05) is 59.1 Å². The number of amides is 1. The highest BCUT2D eigenvalue weighted by atomic mass is 16.2. The number of hydrogen-bond acceptors (Lipinski definition) is 5. The van der Waals surface area contributed by atoms with Gasteiger partial charge in [-0.1, -0.05) is 23.4 Å². The molecule has 0 spiro atoms. The maximum Gasteiger partial charge on any atom is 0.272 e. The summed E-state index contributed by atoms with van der Waals surface area (Å²) in [6, 6.07) is 11.8. The third-order valence-corrected chi connectivity index (χ3v) is 5.77. The maximum absolute atomic E-state index is 13.7. The number of carbonyl (C=O) groups excluding carboxylic acids is 1. The fraction of sp³-hybridized carbons (Fsp3) is 0.500. The topological polar surface area (TPSA) is 72.1 Å². The second kappa shape index (κ2) is 9.24. The van der Waals surface area contributed by atoms with Gasteiger partial charge in [-0.3, -0.25) is 9.48 Å². The Bertz CT molecular complexity index is 1040. The molecule has 1 fully saturated rings. The largest absolute Gasteiger partial charge is 0.330 e. The number of carbonyl (C=O) groups is 1. The SMILES string of the molecule is Cc1cc(C(=O)N(CCN2CCCC2)Cc2cn(-c3ccccc3)nn2)n(C(C)(C)C)n1. The van der Waals surface area contributed by atoms with Crippen LogP contribution in [0.15, 0.2) is 42.6 Å². The van der Waals surface area contributed by atoms with Gasteiger partial charge in [0.25, 0.3) is 5.91 Å². The molecule has 3 heterocycles. The van der Waals surface area contributed by atoms with E-state index in [-0.39, 0.29) is 11.4 Å². The highest BCUT2D eigenvalue weighted by Gasteiger charge is 2.27. The van der Waals surface area contributed by atoms with Gasteiger partial charge in [0, 0.05) is 13.1 Å². The number of rotatable bonds is 7. The van der Waals surface area contributed by atoms with E-state index < -0.39 is 0 Å². The average molecular weight is 436 g/mol. The molecule has 1 saturated heterocycles. The van der Waals surface area contributed by atoms with Crippen LogP contribution in [0.2, 0.25) is 0 Å². The van der Waals surface area contributed by atoms with E-state index in [1.54, 1.807) is 4.68 Å². The standard InChI is InChI=1S/C24H33N7O/c1-19-16-22(31(26-19)24(2,3)4)23(32)29(15-14-28-12-8-9-13-28)17-20-18-30(27-25-20)21-10-6-5-7-11-21/h5-7,10-11,16,18H,8-9,12-15,17H2,1-4H3. The van der Waals surface area contributed by atoms with Gasteiger partial charge < -0.3 is 9.80 Å². The third-order valence-electron chi connectivity index (χ3n) is 5.77. The van der Waals surface area contributed by atoms with Crippen molar-refractivity contribution in [1.82, 2.24) is 34.6 Å². The first kappa shape index (κ1) is 22.2. The predicted molar refractivity (Wildman–Crippen MR) is 124 cm³/mol. The van der Waals surface area contributed by atoms with Crippen LogP contribution in [0.3, 0.4) is 0 Å². The van der Waals surface area contributed by atoms with Crippen LogP contribution in [0.1, 0.15) is 55.5 Å². The first-order valence-corrected chi connectivity index (χ1v) is 11.4. The van der Waals surface area contributed by atoms with Crippen molar-refractivity contribution in [2.75, 3.05) is 26.2 Å². The molecule has 4 rings (SSSR count). The van der Waals surface area contributed by atoms with E-state index in [0.717, 1.165) is 36.7 Å². The smallest absolute Gasteiger partial charge is 0.272 e. The number of benzene rings is 1. The molecule has 3 aromatic rings. The normalized spacial score (nSPS) is 14.8. The van der Waals surface area contributed by atoms with Crippen molar-refractivity contribution in [2.45, 2.75) is 52.6 Å². The van der Waals surface area contributed by atoms with E-state index in [4.69, 9.17) is 0 Å². The molecule has 32 heavy (non-hydrogen) atoms. The molecule has 0 saturated carbocycles. The fourth-order valence-electron chi connectivity index (χ4n) is 4.12. The van der Waals surface area contributed by atoms with Crippen LogP contribution in [0.5, 0.6) is 0 Å². The van der Waals surface area contributed by atoms with Crippen LogP contribution < -0.4 is 0 Å². The van der Waals surface area contributed by atoms with Gasteiger partial charge in [-0.2, -0.15) is 5.10 Å². The minimum absolute atomic E-state index is 0.0195. The molecule has 0 aliphatic carbocycles. The Hall–Kier alpha value is -3.00. The molecular formula is C24H33N7O. The Morgan fingerprint density at radius 3 is 2.53 bits per heavy atom. The Morgan fingerprint density at radius 1 is 1.12 bits per heavy atom. The summed E-state index contributed by atoms with van der Waals surface area (Å²) >= 11 is 0. The highest BCUT2D eigenvalue weighted by molar-refractivity contribution is 5.92. The van der Waals surface area contributed by atoms with Gasteiger partial charge in [-0.05, 0) is 71.8 Å². The highest BCUT2D eigenvalue weighted by Crippen LogP contribution is 2.20. The van der Waals surface area contributed by atoms with Gasteiger partial charge in [0.05, 0.1) is 29.7 Å². The van der Waals surface area contributed by atoms with E-state index in [0.29, 0.717) is 18.8 Å². The lowest BCUT2D eigenvalue weighted by atomic mass is 10.1. The van der Waals surface area contributed by atoms with Crippen LogP contribution in [0.4, 0.5) is 0 Å². The molecule has 1 aliphatic heterocycles. The molecule has 0 N–H and O–H groups in total. The molecule has 0 unspecified atom stereocenters. The second-order valence-electron chi connectivity index (χ2n) is 9.52. The molecule has 8 heteroatoms. The summed E-state index contributed by atoms with van der Waals surface area (Å²) in [6.07, 6.45) is 4.36. The number of likely N-dealkylation sites (tertiary alicyclic amines) is 1. The summed E-state index contributed by atoms with van der Waals surface area (Å²) in [4.78, 5) is 18.0. The molecule has 1 aromatic carbocycles. The molecule has 0 radical (unpaired) electrons. The zero-order valence-electron chi connectivity index (χ0n) is 19.5. The predicted octanol–water partition coefficient (Wildman–Crippen LogP) is 3.27. The minimum Gasteiger partial charge on any atom is -0.330 e. The molecule has 8 nitrogen and oxygen atoms in total. The Kier molecular flexibility index (Phi) is 6.41. The first-order chi connectivity index (χ1) is 15.3. The third kappa shape index (κ3) is 5.07. The van der Waals surface area contributed by atoms with E-state index in [9.17, 15) is 4.79 Å². The van der Waals surface area contributed by atoms with Crippen molar-refractivity contribution in [1.29, 1.82) is 0 Å². The van der Waals surface area contributed by atoms with E-state index in [1.165, 1.54) is 12.8 Å². The van der Waals surface area contributed by atoms with E-state index in [2.05, 4.69) is 41.1 Å². The van der Waals surface area contributed by atoms with Crippen LogP contribution in [-0.2, 0) is 12.1 Å². The second-order valence-corrected chi connectivity index (χ2v) is 9.52. The van der Waals surface area contributed by atoms with Crippen LogP contribution in [-0.4, -0.2) is 66.7 Å². The quantitative estimate of drug-likeness (QED) is 0.570. The van der Waals surface area contributed by atoms with Crippen LogP contribution in [0.25, 0.3) is 5.69 Å². The number of nitrogens with zero attached hydrogens (tertiary/aromatic N) is 7. The molecule has 1 aliphatic rings. The Labute approximate surface area is 189 Å². The molecule has 2 aromatic heterocycles. The maximum atomic E-state index is 13.7. The lowest BCUT2D eigenvalue weighted by Gasteiger charge is -2.27. The van der Waals surface area contributed by atoms with Gasteiger partial charge in [0.1, 0.15) is 11.4 Å². The van der Waals surface area contributed by atoms with Crippen molar-refractivity contribution in [2.24, 2.45) is 0 Å². The van der Waals surface area contributed by atoms with Gasteiger partial charge >= 0.3 is 0 Å². The van der Waals surface area contributed by atoms with Crippen molar-refractivity contribution < 1.29 is 4.79 Å². The van der Waals surface area contributed by atoms with Crippen molar-refractivity contribution in [3.05, 3.63) is 59.7 Å². The number of hydrogen-bond donors (Lipinski definition) is 0. The summed E-state index contributed by atoms with van der Waals surface area (Å²) in [7, 11) is 0. The number of aromatic nitrogens is 5. The molecule has 170 valence electrons. The van der Waals surface area contributed by atoms with Crippen molar-refractivity contribution in [3.63, 3.8) is 0 Å². The first-order valence-electron chi connectivity index (χ1n) is 11.4. The number of para-hydroxylation sites is 1. The lowest BCUT2D eigenvalue weighted by Crippen LogP contribution is -2.40. The van der Waals surface area contributed by atoms with Gasteiger partial charge in [-0.15, -0.1) is 5.10 Å². The zero-order chi connectivity index (χ0) is 22.7. The van der Waals surface area contributed by atoms with E-state index >= 15 is 0 Å². The lowest BCUT2D eigenvalue weighted by molar-refractivity contribution is 0.0704. The molecule has 0 atom stereocenters. The molecular weight excluding hydrogens is 402 g/mol. The monoisotopic (exact) mass is 435 g/mol. The average Bonchev–Trinajstić information content (AvgIpc) is 3.51. The summed E-state index contributed by atoms with van der Waals surface area (Å²) in [5.74, 6) is -0.0195. The van der Waals surface area contributed by atoms with Gasteiger partial charge in [0.15, 0.2) is 0 Å². The summed E-state index contributed by atoms with van der Waals surface area (Å²) in [5.41, 5.74) is 2.89. The number of aryl methyl sites for hydroxylation is 1. The molecule has 1 amide bonds. The Balaban J connectivity index is 1.58. The van der Waals surface area contributed by atoms with Crippen LogP contribution >= 0.6 is 0 Å². The van der Waals surface area contributed by atoms with Gasteiger partial charge in [-0.25, -0.2) is 4.68 Å². The fourth-order valence-corrected chi connectivity index (χ4v) is 4.12. The summed E-state index contributed by atoms with van der Waals surface area (Å²) in [6.45, 7) is 12.2. The summed E-state index contributed by atoms with van der Waals surface area (Å²) < 4.78 is 3.59. The minimum atomic E-state index is -0.281. The zero-order valence-corrected chi connectivity index (χ0v) is 19.5. The summed E-state index contributed by atoms with van der Waals surface area (Å²) in [5, 5.41) is 13.2. The Morgan fingerprint density at radius 2 is 1.84 bits per heavy atom. The van der Waals surface area contributed by atoms with Crippen molar-refractivity contribution >= 4 is 5.91 Å². The van der Waals surface area contributed by atoms with Gasteiger partial charge in [0.2, 0.25) is 0 Å². The molecule has 0 bridgehead atoms. The van der Waals surface area contributed by atoms with Crippen molar-refractivity contribution in [3.8, 4) is 5.69 Å².